The fourth-order valence-corrected chi connectivity index (χ4v) is 3.77. The van der Waals surface area contributed by atoms with Crippen molar-refractivity contribution in [2.45, 2.75) is 56.8 Å². The number of rotatable bonds is 2. The van der Waals surface area contributed by atoms with Crippen LogP contribution in [0, 0.1) is 0 Å². The average Bonchev–Trinajstić information content (AvgIpc) is 2.49. The van der Waals surface area contributed by atoms with Gasteiger partial charge in [-0.25, -0.2) is 0 Å². The molecule has 1 saturated carbocycles. The summed E-state index contributed by atoms with van der Waals surface area (Å²) >= 11 is 0. The van der Waals surface area contributed by atoms with Crippen LogP contribution in [0.25, 0.3) is 0 Å². The lowest BCUT2D eigenvalue weighted by Crippen LogP contribution is -2.28. The molecule has 1 atom stereocenters. The van der Waals surface area contributed by atoms with E-state index in [1.165, 1.54) is 56.1 Å². The van der Waals surface area contributed by atoms with Crippen molar-refractivity contribution in [3.05, 3.63) is 29.3 Å². The lowest BCUT2D eigenvalue weighted by atomic mass is 9.82. The van der Waals surface area contributed by atoms with Gasteiger partial charge in [0.1, 0.15) is 0 Å². The van der Waals surface area contributed by atoms with Gasteiger partial charge in [0.05, 0.1) is 0 Å². The molecule has 1 aliphatic carbocycles. The Morgan fingerprint density at radius 3 is 2.42 bits per heavy atom. The lowest BCUT2D eigenvalue weighted by Gasteiger charge is -2.26. The molecule has 0 spiro atoms. The van der Waals surface area contributed by atoms with Crippen molar-refractivity contribution in [1.29, 1.82) is 0 Å². The van der Waals surface area contributed by atoms with E-state index < -0.39 is 0 Å². The third-order valence-corrected chi connectivity index (χ3v) is 4.92. The third kappa shape index (κ3) is 2.94. The van der Waals surface area contributed by atoms with E-state index in [2.05, 4.69) is 23.5 Å². The van der Waals surface area contributed by atoms with E-state index >= 15 is 0 Å². The Labute approximate surface area is 116 Å². The minimum atomic E-state index is 0.620. The maximum absolute atomic E-state index is 6.33. The van der Waals surface area contributed by atoms with E-state index in [0.717, 1.165) is 24.7 Å². The summed E-state index contributed by atoms with van der Waals surface area (Å²) in [5.41, 5.74) is 10.2. The Bertz CT molecular complexity index is 415. The molecule has 1 heterocycles. The van der Waals surface area contributed by atoms with Gasteiger partial charge in [0.25, 0.3) is 0 Å². The molecule has 19 heavy (non-hydrogen) atoms. The lowest BCUT2D eigenvalue weighted by molar-refractivity contribution is 0.443. The van der Waals surface area contributed by atoms with Crippen molar-refractivity contribution >= 4 is 5.69 Å². The fourth-order valence-electron chi connectivity index (χ4n) is 3.77. The molecule has 0 amide bonds. The second kappa shape index (κ2) is 5.96. The van der Waals surface area contributed by atoms with Crippen LogP contribution in [0.3, 0.4) is 0 Å². The van der Waals surface area contributed by atoms with E-state index in [1.807, 2.05) is 0 Å². The van der Waals surface area contributed by atoms with Crippen LogP contribution in [-0.2, 0) is 0 Å². The molecule has 0 bridgehead atoms. The number of hydrogen-bond acceptors (Lipinski definition) is 2. The van der Waals surface area contributed by atoms with Crippen LogP contribution in [0.5, 0.6) is 0 Å². The zero-order chi connectivity index (χ0) is 13.1. The molecule has 2 fully saturated rings. The number of anilines is 1. The predicted octanol–water partition coefficient (Wildman–Crippen LogP) is 3.78. The Kier molecular flexibility index (Phi) is 4.07. The van der Waals surface area contributed by atoms with Gasteiger partial charge in [-0.3, -0.25) is 0 Å². The molecule has 3 rings (SSSR count). The highest BCUT2D eigenvalue weighted by Gasteiger charge is 2.20. The second-order valence-electron chi connectivity index (χ2n) is 6.27. The Morgan fingerprint density at radius 2 is 1.74 bits per heavy atom. The number of nitrogens with two attached hydrogens (primary N) is 1. The molecule has 1 unspecified atom stereocenters. The van der Waals surface area contributed by atoms with Gasteiger partial charge in [-0.05, 0) is 61.3 Å². The van der Waals surface area contributed by atoms with Gasteiger partial charge in [0, 0.05) is 12.2 Å². The third-order valence-electron chi connectivity index (χ3n) is 4.92. The quantitative estimate of drug-likeness (QED) is 0.792. The van der Waals surface area contributed by atoms with Crippen LogP contribution >= 0.6 is 0 Å². The molecule has 0 aromatic heterocycles. The van der Waals surface area contributed by atoms with Crippen molar-refractivity contribution in [2.24, 2.45) is 0 Å². The molecular weight excluding hydrogens is 232 g/mol. The molecule has 104 valence electrons. The van der Waals surface area contributed by atoms with Gasteiger partial charge < -0.3 is 11.1 Å². The summed E-state index contributed by atoms with van der Waals surface area (Å²) in [6.07, 6.45) is 9.44. The predicted molar refractivity (Wildman–Crippen MR) is 81.5 cm³/mol. The SMILES string of the molecule is Nc1cc(C2CCCCC2)ccc1C1CCCNC1. The molecule has 1 aliphatic heterocycles. The first-order chi connectivity index (χ1) is 9.34. The molecule has 0 radical (unpaired) electrons. The van der Waals surface area contributed by atoms with E-state index in [-0.39, 0.29) is 0 Å². The first-order valence-corrected chi connectivity index (χ1v) is 7.94. The summed E-state index contributed by atoms with van der Waals surface area (Å²) < 4.78 is 0. The van der Waals surface area contributed by atoms with Crippen LogP contribution in [-0.4, -0.2) is 13.1 Å². The van der Waals surface area contributed by atoms with Crippen molar-refractivity contribution < 1.29 is 0 Å². The summed E-state index contributed by atoms with van der Waals surface area (Å²) in [7, 11) is 0. The number of nitrogens with one attached hydrogen (secondary N) is 1. The molecule has 2 aliphatic rings. The van der Waals surface area contributed by atoms with E-state index in [9.17, 15) is 0 Å². The largest absolute Gasteiger partial charge is 0.398 e. The molecule has 1 aromatic rings. The highest BCUT2D eigenvalue weighted by Crippen LogP contribution is 2.36. The fraction of sp³-hybridized carbons (Fsp3) is 0.647. The molecule has 2 nitrogen and oxygen atoms in total. The summed E-state index contributed by atoms with van der Waals surface area (Å²) in [5, 5.41) is 3.48. The maximum Gasteiger partial charge on any atom is 0.0352 e. The van der Waals surface area contributed by atoms with E-state index in [4.69, 9.17) is 5.73 Å². The Morgan fingerprint density at radius 1 is 0.947 bits per heavy atom. The van der Waals surface area contributed by atoms with Crippen LogP contribution in [0.15, 0.2) is 18.2 Å². The Balaban J connectivity index is 1.76. The normalized spacial score (nSPS) is 25.4. The summed E-state index contributed by atoms with van der Waals surface area (Å²) in [6.45, 7) is 2.25. The smallest absolute Gasteiger partial charge is 0.0352 e. The van der Waals surface area contributed by atoms with Crippen LogP contribution in [0.2, 0.25) is 0 Å². The number of nitrogen functional groups attached to an aromatic ring is 1. The molecule has 1 saturated heterocycles. The maximum atomic E-state index is 6.33. The van der Waals surface area contributed by atoms with Crippen molar-refractivity contribution in [3.63, 3.8) is 0 Å². The number of hydrogen-bond donors (Lipinski definition) is 2. The van der Waals surface area contributed by atoms with Gasteiger partial charge in [0.2, 0.25) is 0 Å². The highest BCUT2D eigenvalue weighted by molar-refractivity contribution is 5.52. The monoisotopic (exact) mass is 258 g/mol. The summed E-state index contributed by atoms with van der Waals surface area (Å²) in [6, 6.07) is 6.91. The summed E-state index contributed by atoms with van der Waals surface area (Å²) in [5.74, 6) is 1.38. The van der Waals surface area contributed by atoms with Gasteiger partial charge in [-0.15, -0.1) is 0 Å². The molecule has 1 aromatic carbocycles. The average molecular weight is 258 g/mol. The topological polar surface area (TPSA) is 38.0 Å². The van der Waals surface area contributed by atoms with Crippen LogP contribution in [0.1, 0.15) is 67.9 Å². The Hall–Kier alpha value is -1.02. The van der Waals surface area contributed by atoms with Gasteiger partial charge >= 0.3 is 0 Å². The number of piperidine rings is 1. The minimum Gasteiger partial charge on any atom is -0.398 e. The summed E-state index contributed by atoms with van der Waals surface area (Å²) in [4.78, 5) is 0. The van der Waals surface area contributed by atoms with Crippen LogP contribution < -0.4 is 11.1 Å². The van der Waals surface area contributed by atoms with E-state index in [0.29, 0.717) is 5.92 Å². The van der Waals surface area contributed by atoms with Crippen LogP contribution in [0.4, 0.5) is 5.69 Å². The van der Waals surface area contributed by atoms with Gasteiger partial charge in [-0.2, -0.15) is 0 Å². The zero-order valence-electron chi connectivity index (χ0n) is 11.8. The first-order valence-electron chi connectivity index (χ1n) is 7.94. The number of benzene rings is 1. The second-order valence-corrected chi connectivity index (χ2v) is 6.27. The molecular formula is C17H26N2. The van der Waals surface area contributed by atoms with Crippen molar-refractivity contribution in [2.75, 3.05) is 18.8 Å². The van der Waals surface area contributed by atoms with Crippen molar-refractivity contribution in [1.82, 2.24) is 5.32 Å². The van der Waals surface area contributed by atoms with Crippen molar-refractivity contribution in [3.8, 4) is 0 Å². The standard InChI is InChI=1S/C17H26N2/c18-17-11-14(13-5-2-1-3-6-13)8-9-16(17)15-7-4-10-19-12-15/h8-9,11,13,15,19H,1-7,10,12,18H2. The first kappa shape index (κ1) is 13.0. The van der Waals surface area contributed by atoms with E-state index in [1.54, 1.807) is 0 Å². The zero-order valence-corrected chi connectivity index (χ0v) is 11.8. The van der Waals surface area contributed by atoms with Gasteiger partial charge in [0.15, 0.2) is 0 Å². The van der Waals surface area contributed by atoms with Gasteiger partial charge in [-0.1, -0.05) is 31.4 Å². The minimum absolute atomic E-state index is 0.620. The highest BCUT2D eigenvalue weighted by atomic mass is 14.9. The molecule has 2 heteroatoms. The molecule has 3 N–H and O–H groups in total.